The summed E-state index contributed by atoms with van der Waals surface area (Å²) in [5.74, 6) is 7.90. The summed E-state index contributed by atoms with van der Waals surface area (Å²) in [7, 11) is -1.60. The fourth-order valence-corrected chi connectivity index (χ4v) is 4.26. The summed E-state index contributed by atoms with van der Waals surface area (Å²) in [6, 6.07) is 0. The van der Waals surface area contributed by atoms with Crippen molar-refractivity contribution in [1.29, 1.82) is 0 Å². The Bertz CT molecular complexity index is 444. The molecule has 1 atom stereocenters. The Morgan fingerprint density at radius 1 is 1.04 bits per heavy atom. The van der Waals surface area contributed by atoms with Crippen LogP contribution in [-0.4, -0.2) is 34.4 Å². The van der Waals surface area contributed by atoms with E-state index in [0.717, 1.165) is 32.0 Å². The summed E-state index contributed by atoms with van der Waals surface area (Å²) in [6.07, 6.45) is 8.28. The number of ether oxygens (including phenoxy) is 2. The molecular weight excluding hydrogens is 328 g/mol. The van der Waals surface area contributed by atoms with Crippen LogP contribution in [0, 0.1) is 23.7 Å². The number of rotatable bonds is 5. The van der Waals surface area contributed by atoms with Crippen LogP contribution in [0.5, 0.6) is 0 Å². The molecule has 2 aliphatic rings. The lowest BCUT2D eigenvalue weighted by Gasteiger charge is -2.38. The average Bonchev–Trinajstić information content (AvgIpc) is 2.58. The van der Waals surface area contributed by atoms with Gasteiger partial charge >= 0.3 is 0 Å². The molecule has 144 valence electrons. The van der Waals surface area contributed by atoms with Gasteiger partial charge in [0.05, 0.1) is 0 Å². The maximum atomic E-state index is 6.40. The molecule has 25 heavy (non-hydrogen) atoms. The minimum Gasteiger partial charge on any atom is -0.417 e. The van der Waals surface area contributed by atoms with Crippen molar-refractivity contribution in [2.24, 2.45) is 11.8 Å². The molecule has 2 fully saturated rings. The minimum atomic E-state index is -1.60. The summed E-state index contributed by atoms with van der Waals surface area (Å²) in [5, 5.41) is 0.303. The van der Waals surface area contributed by atoms with Gasteiger partial charge in [0.2, 0.25) is 0 Å². The molecule has 1 saturated heterocycles. The fraction of sp³-hybridized carbons (Fsp3) is 0.905. The third-order valence-corrected chi connectivity index (χ3v) is 10.6. The third-order valence-electron chi connectivity index (χ3n) is 6.12. The smallest absolute Gasteiger partial charge is 0.191 e. The molecule has 1 aliphatic heterocycles. The van der Waals surface area contributed by atoms with E-state index in [-0.39, 0.29) is 6.29 Å². The van der Waals surface area contributed by atoms with Crippen molar-refractivity contribution in [1.82, 2.24) is 0 Å². The lowest BCUT2D eigenvalue weighted by atomic mass is 9.83. The Labute approximate surface area is 156 Å². The van der Waals surface area contributed by atoms with Crippen LogP contribution in [0.2, 0.25) is 18.1 Å². The Morgan fingerprint density at radius 2 is 1.76 bits per heavy atom. The van der Waals surface area contributed by atoms with Gasteiger partial charge < -0.3 is 13.9 Å². The minimum absolute atomic E-state index is 0.0220. The highest BCUT2D eigenvalue weighted by atomic mass is 28.4. The zero-order chi connectivity index (χ0) is 18.3. The lowest BCUT2D eigenvalue weighted by Crippen LogP contribution is -2.42. The van der Waals surface area contributed by atoms with Gasteiger partial charge in [-0.1, -0.05) is 32.6 Å². The predicted octanol–water partition coefficient (Wildman–Crippen LogP) is 5.36. The van der Waals surface area contributed by atoms with E-state index in [1.165, 1.54) is 32.1 Å². The van der Waals surface area contributed by atoms with Crippen LogP contribution < -0.4 is 0 Å². The van der Waals surface area contributed by atoms with Crippen molar-refractivity contribution in [2.45, 2.75) is 90.1 Å². The molecule has 0 aromatic carbocycles. The van der Waals surface area contributed by atoms with E-state index in [2.05, 4.69) is 45.7 Å². The molecule has 0 bridgehead atoms. The first-order valence-electron chi connectivity index (χ1n) is 10.1. The first kappa shape index (κ1) is 21.0. The van der Waals surface area contributed by atoms with Crippen molar-refractivity contribution < 1.29 is 13.9 Å². The van der Waals surface area contributed by atoms with Gasteiger partial charge in [-0.05, 0) is 69.0 Å². The molecular formula is C21H38O3Si. The van der Waals surface area contributed by atoms with Crippen molar-refractivity contribution in [2.75, 3.05) is 19.8 Å². The molecule has 3 nitrogen and oxygen atoms in total. The number of hydrogen-bond acceptors (Lipinski definition) is 3. The van der Waals surface area contributed by atoms with Crippen LogP contribution in [0.3, 0.4) is 0 Å². The summed E-state index contributed by atoms with van der Waals surface area (Å²) >= 11 is 0. The van der Waals surface area contributed by atoms with E-state index in [1.807, 2.05) is 0 Å². The largest absolute Gasteiger partial charge is 0.417 e. The monoisotopic (exact) mass is 366 g/mol. The maximum Gasteiger partial charge on any atom is 0.191 e. The standard InChI is InChI=1S/C21H38O3Si/c1-21(2,3)25(4,5)24-17-19-13-11-18(12-14-19)9-8-16-23-20-10-6-7-15-22-20/h18-20H,6-7,10-17H2,1-5H3. The van der Waals surface area contributed by atoms with E-state index in [4.69, 9.17) is 13.9 Å². The van der Waals surface area contributed by atoms with Crippen LogP contribution >= 0.6 is 0 Å². The molecule has 0 spiro atoms. The fourth-order valence-electron chi connectivity index (χ4n) is 3.18. The molecule has 1 aliphatic carbocycles. The second kappa shape index (κ2) is 9.55. The summed E-state index contributed by atoms with van der Waals surface area (Å²) < 4.78 is 17.7. The number of hydrogen-bond donors (Lipinski definition) is 0. The Morgan fingerprint density at radius 3 is 2.36 bits per heavy atom. The molecule has 0 N–H and O–H groups in total. The molecule has 0 radical (unpaired) electrons. The van der Waals surface area contributed by atoms with Crippen molar-refractivity contribution in [3.63, 3.8) is 0 Å². The Kier molecular flexibility index (Phi) is 8.01. The van der Waals surface area contributed by atoms with Gasteiger partial charge in [-0.2, -0.15) is 0 Å². The normalized spacial score (nSPS) is 28.3. The highest BCUT2D eigenvalue weighted by Gasteiger charge is 2.37. The van der Waals surface area contributed by atoms with Gasteiger partial charge in [-0.15, -0.1) is 0 Å². The molecule has 0 amide bonds. The van der Waals surface area contributed by atoms with E-state index >= 15 is 0 Å². The van der Waals surface area contributed by atoms with Crippen LogP contribution in [0.1, 0.15) is 65.7 Å². The highest BCUT2D eigenvalue weighted by molar-refractivity contribution is 6.74. The zero-order valence-electron chi connectivity index (χ0n) is 17.0. The first-order valence-corrected chi connectivity index (χ1v) is 13.0. The molecule has 1 unspecified atom stereocenters. The van der Waals surface area contributed by atoms with Gasteiger partial charge in [-0.3, -0.25) is 0 Å². The van der Waals surface area contributed by atoms with Gasteiger partial charge in [0.15, 0.2) is 14.6 Å². The molecule has 0 aromatic heterocycles. The highest BCUT2D eigenvalue weighted by Crippen LogP contribution is 2.38. The second-order valence-electron chi connectivity index (χ2n) is 9.22. The Hall–Kier alpha value is -0.343. The maximum absolute atomic E-state index is 6.40. The third kappa shape index (κ3) is 7.06. The van der Waals surface area contributed by atoms with Crippen LogP contribution in [0.25, 0.3) is 0 Å². The van der Waals surface area contributed by atoms with Crippen molar-refractivity contribution in [3.8, 4) is 11.8 Å². The van der Waals surface area contributed by atoms with E-state index in [1.54, 1.807) is 0 Å². The van der Waals surface area contributed by atoms with Crippen molar-refractivity contribution >= 4 is 8.32 Å². The van der Waals surface area contributed by atoms with Crippen LogP contribution in [0.4, 0.5) is 0 Å². The van der Waals surface area contributed by atoms with E-state index in [9.17, 15) is 0 Å². The lowest BCUT2D eigenvalue weighted by molar-refractivity contribution is -0.154. The van der Waals surface area contributed by atoms with E-state index in [0.29, 0.717) is 17.6 Å². The van der Waals surface area contributed by atoms with Crippen LogP contribution in [0.15, 0.2) is 0 Å². The van der Waals surface area contributed by atoms with Crippen molar-refractivity contribution in [3.05, 3.63) is 0 Å². The SMILES string of the molecule is CC(C)(C)[Si](C)(C)OCC1CCC(C#CCOC2CCCCO2)CC1. The van der Waals surface area contributed by atoms with Gasteiger partial charge in [0.1, 0.15) is 6.61 Å². The summed E-state index contributed by atoms with van der Waals surface area (Å²) in [4.78, 5) is 0. The molecule has 1 heterocycles. The van der Waals surface area contributed by atoms with Gasteiger partial charge in [0.25, 0.3) is 0 Å². The summed E-state index contributed by atoms with van der Waals surface area (Å²) in [6.45, 7) is 13.9. The zero-order valence-corrected chi connectivity index (χ0v) is 18.0. The topological polar surface area (TPSA) is 27.7 Å². The molecule has 0 aromatic rings. The van der Waals surface area contributed by atoms with E-state index < -0.39 is 8.32 Å². The average molecular weight is 367 g/mol. The Balaban J connectivity index is 1.62. The first-order chi connectivity index (χ1) is 11.8. The summed E-state index contributed by atoms with van der Waals surface area (Å²) in [5.41, 5.74) is 0. The molecule has 4 heteroatoms. The van der Waals surface area contributed by atoms with Gasteiger partial charge in [0, 0.05) is 19.1 Å². The molecule has 2 rings (SSSR count). The quantitative estimate of drug-likeness (QED) is 0.484. The second-order valence-corrected chi connectivity index (χ2v) is 14.0. The van der Waals surface area contributed by atoms with Gasteiger partial charge in [-0.25, -0.2) is 0 Å². The molecule has 1 saturated carbocycles. The van der Waals surface area contributed by atoms with Crippen LogP contribution in [-0.2, 0) is 13.9 Å². The predicted molar refractivity (Wildman–Crippen MR) is 106 cm³/mol.